The van der Waals surface area contributed by atoms with E-state index in [1.54, 1.807) is 6.92 Å². The van der Waals surface area contributed by atoms with E-state index in [0.29, 0.717) is 30.5 Å². The number of fused-ring (bicyclic) bond motifs is 1. The van der Waals surface area contributed by atoms with Crippen molar-refractivity contribution in [3.8, 4) is 5.75 Å². The number of hydrogen-bond donors (Lipinski definition) is 2. The number of amides is 1. The molecule has 1 amide bonds. The summed E-state index contributed by atoms with van der Waals surface area (Å²) in [5.74, 6) is 0.657. The van der Waals surface area contributed by atoms with Gasteiger partial charge in [0.1, 0.15) is 11.4 Å². The first-order chi connectivity index (χ1) is 13.5. The fraction of sp³-hybridized carbons (Fsp3) is 0.524. The minimum atomic E-state index is -0.487. The largest absolute Gasteiger partial charge is 0.494 e. The van der Waals surface area contributed by atoms with Gasteiger partial charge in [0, 0.05) is 17.4 Å². The van der Waals surface area contributed by atoms with Crippen molar-refractivity contribution in [3.05, 3.63) is 23.9 Å². The molecule has 1 atom stereocenters. The van der Waals surface area contributed by atoms with E-state index in [4.69, 9.17) is 9.47 Å². The SMILES string of the molecule is CCOC(=O)c1[nH]c2ccc(OCC)cc2c1NC(=O)CN1CCC[C@H](C)C1. The van der Waals surface area contributed by atoms with Crippen molar-refractivity contribution in [2.75, 3.05) is 38.2 Å². The third-order valence-corrected chi connectivity index (χ3v) is 4.93. The zero-order valence-electron chi connectivity index (χ0n) is 16.8. The van der Waals surface area contributed by atoms with Crippen molar-refractivity contribution >= 4 is 28.5 Å². The molecule has 1 aliphatic rings. The van der Waals surface area contributed by atoms with E-state index in [-0.39, 0.29) is 18.2 Å². The third-order valence-electron chi connectivity index (χ3n) is 4.93. The summed E-state index contributed by atoms with van der Waals surface area (Å²) in [6, 6.07) is 5.50. The lowest BCUT2D eigenvalue weighted by Crippen LogP contribution is -2.39. The van der Waals surface area contributed by atoms with Crippen molar-refractivity contribution in [2.24, 2.45) is 5.92 Å². The summed E-state index contributed by atoms with van der Waals surface area (Å²) in [7, 11) is 0. The van der Waals surface area contributed by atoms with E-state index >= 15 is 0 Å². The molecule has 0 saturated carbocycles. The van der Waals surface area contributed by atoms with Gasteiger partial charge in [0.05, 0.1) is 25.4 Å². The highest BCUT2D eigenvalue weighted by Gasteiger charge is 2.23. The van der Waals surface area contributed by atoms with Crippen LogP contribution in [0.15, 0.2) is 18.2 Å². The molecule has 0 unspecified atom stereocenters. The monoisotopic (exact) mass is 387 g/mol. The molecule has 0 aliphatic carbocycles. The second-order valence-corrected chi connectivity index (χ2v) is 7.27. The number of likely N-dealkylation sites (tertiary alicyclic amines) is 1. The molecule has 3 rings (SSSR count). The summed E-state index contributed by atoms with van der Waals surface area (Å²) >= 11 is 0. The van der Waals surface area contributed by atoms with Gasteiger partial charge in [0.25, 0.3) is 0 Å². The van der Waals surface area contributed by atoms with Crippen LogP contribution in [0.2, 0.25) is 0 Å². The molecule has 2 aromatic rings. The summed E-state index contributed by atoms with van der Waals surface area (Å²) in [6.07, 6.45) is 2.31. The van der Waals surface area contributed by atoms with E-state index in [0.717, 1.165) is 30.4 Å². The molecule has 0 spiro atoms. The maximum absolute atomic E-state index is 12.7. The zero-order chi connectivity index (χ0) is 20.1. The van der Waals surface area contributed by atoms with Gasteiger partial charge in [-0.1, -0.05) is 6.92 Å². The zero-order valence-corrected chi connectivity index (χ0v) is 16.8. The maximum atomic E-state index is 12.7. The molecule has 2 heterocycles. The molecule has 1 saturated heterocycles. The molecular weight excluding hydrogens is 358 g/mol. The lowest BCUT2D eigenvalue weighted by Gasteiger charge is -2.30. The van der Waals surface area contributed by atoms with Crippen LogP contribution in [0.1, 0.15) is 44.1 Å². The van der Waals surface area contributed by atoms with Crippen LogP contribution in [-0.4, -0.2) is 54.6 Å². The minimum absolute atomic E-state index is 0.137. The standard InChI is InChI=1S/C21H29N3O4/c1-4-27-15-8-9-17-16(11-15)19(20(22-17)21(26)28-5-2)23-18(25)13-24-10-6-7-14(3)12-24/h8-9,11,14,22H,4-7,10,12-13H2,1-3H3,(H,23,25)/t14-/m0/s1. The van der Waals surface area contributed by atoms with Crippen LogP contribution in [-0.2, 0) is 9.53 Å². The number of rotatable bonds is 7. The highest BCUT2D eigenvalue weighted by Crippen LogP contribution is 2.31. The molecular formula is C21H29N3O4. The van der Waals surface area contributed by atoms with Crippen LogP contribution < -0.4 is 10.1 Å². The van der Waals surface area contributed by atoms with E-state index in [2.05, 4.69) is 22.1 Å². The first-order valence-corrected chi connectivity index (χ1v) is 9.99. The molecule has 7 nitrogen and oxygen atoms in total. The first-order valence-electron chi connectivity index (χ1n) is 9.99. The smallest absolute Gasteiger partial charge is 0.356 e. The Morgan fingerprint density at radius 1 is 1.29 bits per heavy atom. The Hall–Kier alpha value is -2.54. The molecule has 1 fully saturated rings. The summed E-state index contributed by atoms with van der Waals surface area (Å²) < 4.78 is 10.7. The molecule has 1 aromatic carbocycles. The Balaban J connectivity index is 1.87. The Morgan fingerprint density at radius 3 is 2.82 bits per heavy atom. The number of carbonyl (C=O) groups is 2. The number of hydrogen-bond acceptors (Lipinski definition) is 5. The Labute approximate surface area is 165 Å². The summed E-state index contributed by atoms with van der Waals surface area (Å²) in [5.41, 5.74) is 1.45. The van der Waals surface area contributed by atoms with Gasteiger partial charge in [0.2, 0.25) is 5.91 Å². The Kier molecular flexibility index (Phi) is 6.57. The number of aromatic nitrogens is 1. The van der Waals surface area contributed by atoms with Gasteiger partial charge in [-0.05, 0) is 57.4 Å². The fourth-order valence-electron chi connectivity index (χ4n) is 3.73. The lowest BCUT2D eigenvalue weighted by atomic mass is 10.0. The topological polar surface area (TPSA) is 83.7 Å². The summed E-state index contributed by atoms with van der Waals surface area (Å²) in [5, 5.41) is 3.67. The van der Waals surface area contributed by atoms with Gasteiger partial charge >= 0.3 is 5.97 Å². The van der Waals surface area contributed by atoms with Crippen LogP contribution in [0.5, 0.6) is 5.75 Å². The highest BCUT2D eigenvalue weighted by molar-refractivity contribution is 6.11. The van der Waals surface area contributed by atoms with E-state index in [9.17, 15) is 9.59 Å². The molecule has 152 valence electrons. The number of nitrogens with one attached hydrogen (secondary N) is 2. The van der Waals surface area contributed by atoms with Crippen molar-refractivity contribution in [1.82, 2.24) is 9.88 Å². The maximum Gasteiger partial charge on any atom is 0.356 e. The number of piperidine rings is 1. The van der Waals surface area contributed by atoms with Crippen molar-refractivity contribution < 1.29 is 19.1 Å². The van der Waals surface area contributed by atoms with E-state index in [1.165, 1.54) is 6.42 Å². The number of carbonyl (C=O) groups excluding carboxylic acids is 2. The molecule has 1 aliphatic heterocycles. The summed E-state index contributed by atoms with van der Waals surface area (Å²) in [4.78, 5) is 30.4. The van der Waals surface area contributed by atoms with Gasteiger partial charge in [-0.3, -0.25) is 9.69 Å². The average Bonchev–Trinajstić information content (AvgIpc) is 3.00. The second-order valence-electron chi connectivity index (χ2n) is 7.27. The second kappa shape index (κ2) is 9.10. The minimum Gasteiger partial charge on any atom is -0.494 e. The summed E-state index contributed by atoms with van der Waals surface area (Å²) in [6.45, 7) is 8.82. The van der Waals surface area contributed by atoms with Gasteiger partial charge in [-0.15, -0.1) is 0 Å². The van der Waals surface area contributed by atoms with Crippen LogP contribution in [0.3, 0.4) is 0 Å². The van der Waals surface area contributed by atoms with Gasteiger partial charge in [0.15, 0.2) is 0 Å². The quantitative estimate of drug-likeness (QED) is 0.712. The highest BCUT2D eigenvalue weighted by atomic mass is 16.5. The van der Waals surface area contributed by atoms with Crippen LogP contribution in [0, 0.1) is 5.92 Å². The number of benzene rings is 1. The number of ether oxygens (including phenoxy) is 2. The van der Waals surface area contributed by atoms with Gasteiger partial charge < -0.3 is 19.8 Å². The molecule has 0 radical (unpaired) electrons. The third kappa shape index (κ3) is 4.65. The van der Waals surface area contributed by atoms with Crippen molar-refractivity contribution in [2.45, 2.75) is 33.6 Å². The Morgan fingerprint density at radius 2 is 2.11 bits per heavy atom. The van der Waals surface area contributed by atoms with Gasteiger partial charge in [-0.2, -0.15) is 0 Å². The fourth-order valence-corrected chi connectivity index (χ4v) is 3.73. The van der Waals surface area contributed by atoms with Gasteiger partial charge in [-0.25, -0.2) is 4.79 Å². The predicted molar refractivity (Wildman–Crippen MR) is 109 cm³/mol. The van der Waals surface area contributed by atoms with Crippen LogP contribution in [0.25, 0.3) is 10.9 Å². The normalized spacial score (nSPS) is 17.5. The number of nitrogens with zero attached hydrogens (tertiary/aromatic N) is 1. The number of anilines is 1. The number of aromatic amines is 1. The molecule has 2 N–H and O–H groups in total. The Bertz CT molecular complexity index is 846. The lowest BCUT2D eigenvalue weighted by molar-refractivity contribution is -0.117. The van der Waals surface area contributed by atoms with Crippen molar-refractivity contribution in [1.29, 1.82) is 0 Å². The molecule has 1 aromatic heterocycles. The number of H-pyrrole nitrogens is 1. The first kappa shape index (κ1) is 20.2. The van der Waals surface area contributed by atoms with E-state index in [1.807, 2.05) is 25.1 Å². The van der Waals surface area contributed by atoms with Crippen LogP contribution in [0.4, 0.5) is 5.69 Å². The molecule has 7 heteroatoms. The molecule has 0 bridgehead atoms. The van der Waals surface area contributed by atoms with Crippen LogP contribution >= 0.6 is 0 Å². The molecule has 28 heavy (non-hydrogen) atoms. The van der Waals surface area contributed by atoms with E-state index < -0.39 is 5.97 Å². The number of esters is 1. The predicted octanol–water partition coefficient (Wildman–Crippen LogP) is 3.41. The van der Waals surface area contributed by atoms with Crippen molar-refractivity contribution in [3.63, 3.8) is 0 Å². The average molecular weight is 387 g/mol.